The molecule has 0 bridgehead atoms. The summed E-state index contributed by atoms with van der Waals surface area (Å²) >= 11 is 7.91. The number of carbonyl (C=O) groups excluding carboxylic acids is 3. The lowest BCUT2D eigenvalue weighted by Gasteiger charge is -2.36. The summed E-state index contributed by atoms with van der Waals surface area (Å²) < 4.78 is 45.9. The lowest BCUT2D eigenvalue weighted by Crippen LogP contribution is -2.60. The van der Waals surface area contributed by atoms with Crippen molar-refractivity contribution < 1.29 is 37.0 Å². The Labute approximate surface area is 370 Å². The topological polar surface area (TPSA) is 178 Å². The number of aromatic nitrogens is 1. The zero-order chi connectivity index (χ0) is 44.0. The van der Waals surface area contributed by atoms with Crippen LogP contribution in [0.4, 0.5) is 0 Å². The summed E-state index contributed by atoms with van der Waals surface area (Å²) in [5.74, 6) is 0.510. The number of likely N-dealkylation sites (tertiary alicyclic amines) is 1. The van der Waals surface area contributed by atoms with Crippen molar-refractivity contribution in [2.45, 2.75) is 81.5 Å². The third-order valence-corrected chi connectivity index (χ3v) is 14.7. The Balaban J connectivity index is 1.05. The van der Waals surface area contributed by atoms with Crippen LogP contribution in [0.25, 0.3) is 10.8 Å². The van der Waals surface area contributed by atoms with E-state index < -0.39 is 62.1 Å². The minimum atomic E-state index is -3.91. The Morgan fingerprint density at radius 1 is 1.03 bits per heavy atom. The molecule has 3 N–H and O–H groups in total. The molecule has 4 aromatic rings. The van der Waals surface area contributed by atoms with E-state index in [0.29, 0.717) is 51.1 Å². The van der Waals surface area contributed by atoms with Gasteiger partial charge in [0.2, 0.25) is 27.7 Å². The van der Waals surface area contributed by atoms with Gasteiger partial charge in [0.25, 0.3) is 5.91 Å². The zero-order valence-electron chi connectivity index (χ0n) is 34.8. The summed E-state index contributed by atoms with van der Waals surface area (Å²) in [5.41, 5.74) is -1.22. The number of aliphatic imine (C=N–C) groups is 1. The highest BCUT2D eigenvalue weighted by molar-refractivity contribution is 8.14. The number of rotatable bonds is 14. The van der Waals surface area contributed by atoms with Crippen LogP contribution >= 0.6 is 23.4 Å². The van der Waals surface area contributed by atoms with Crippen molar-refractivity contribution in [3.63, 3.8) is 0 Å². The van der Waals surface area contributed by atoms with E-state index in [0.717, 1.165) is 11.3 Å². The van der Waals surface area contributed by atoms with Crippen molar-refractivity contribution in [1.82, 2.24) is 25.2 Å². The Kier molecular flexibility index (Phi) is 11.9. The molecule has 3 fully saturated rings. The molecule has 14 nitrogen and oxygen atoms in total. The number of thioether (sulfide) groups is 1. The number of sulfonamides is 1. The van der Waals surface area contributed by atoms with E-state index in [4.69, 9.17) is 30.8 Å². The van der Waals surface area contributed by atoms with Gasteiger partial charge in [0, 0.05) is 33.9 Å². The van der Waals surface area contributed by atoms with Gasteiger partial charge < -0.3 is 29.7 Å². The Hall–Kier alpha value is -5.32. The van der Waals surface area contributed by atoms with Crippen LogP contribution in [0.15, 0.2) is 96.6 Å². The van der Waals surface area contributed by atoms with Gasteiger partial charge in [-0.05, 0) is 72.7 Å². The molecule has 8 rings (SSSR count). The highest BCUT2D eigenvalue weighted by Crippen LogP contribution is 2.46. The van der Waals surface area contributed by atoms with Crippen molar-refractivity contribution in [2.75, 3.05) is 19.4 Å². The molecule has 1 saturated heterocycles. The summed E-state index contributed by atoms with van der Waals surface area (Å²) in [4.78, 5) is 54.2. The molecule has 2 aliphatic carbocycles. The number of amides is 3. The van der Waals surface area contributed by atoms with Gasteiger partial charge in [-0.15, -0.1) is 6.58 Å². The normalized spacial score (nSPS) is 23.8. The van der Waals surface area contributed by atoms with E-state index in [9.17, 15) is 18.0 Å². The summed E-state index contributed by atoms with van der Waals surface area (Å²) in [6.07, 6.45) is 3.47. The van der Waals surface area contributed by atoms with Gasteiger partial charge in [-0.3, -0.25) is 24.1 Å². The van der Waals surface area contributed by atoms with Crippen molar-refractivity contribution in [3.05, 3.63) is 102 Å². The average molecular weight is 902 g/mol. The molecule has 3 amide bonds. The number of ether oxygens (including phenoxy) is 3. The monoisotopic (exact) mass is 900 g/mol. The molecule has 2 aliphatic heterocycles. The number of pyridine rings is 1. The standard InChI is InChI=1S/C45H49ClN6O8S2/c1-6-27-22-45(27,42(55)51-62(56,57)32-17-18-32)50-39(53)36-21-31(60-40-34-20-28(46)14-19-33(34)37(58-5)23-47-40)24-52(36)41(54)38(44(2,3)4)49-43-48-35(25-61-43)26-12-15-30(16-13-26)59-29-10-8-7-9-11-29/h6-16,19-20,23,27,31-32,35-36,38H,1,17-18,21-22,24-25H2,2-5H3,(H,48,49)(H,50,53)(H,51,55)/t27-,31-,35?,36+,38-,45-/m1/s1. The number of benzene rings is 3. The molecule has 3 heterocycles. The SMILES string of the molecule is C=C[C@@H]1C[C@]1(NC(=O)[C@@H]1C[C@@H](Oc2ncc(OC)c3ccc(Cl)cc23)CN1C(=O)[C@@H](NC1=NC(c2ccc(Oc3ccccc3)cc2)CS1)C(C)(C)C)C(=O)NS(=O)(=O)C1CC1. The molecule has 0 spiro atoms. The van der Waals surface area contributed by atoms with Crippen LogP contribution in [0.1, 0.15) is 58.1 Å². The average Bonchev–Trinajstić information content (AvgIpc) is 4.14. The van der Waals surface area contributed by atoms with Crippen molar-refractivity contribution in [3.8, 4) is 23.1 Å². The first-order valence-corrected chi connectivity index (χ1v) is 23.4. The first-order valence-electron chi connectivity index (χ1n) is 20.5. The Morgan fingerprint density at radius 2 is 1.76 bits per heavy atom. The lowest BCUT2D eigenvalue weighted by atomic mass is 9.85. The molecular formula is C45H49ClN6O8S2. The molecule has 0 radical (unpaired) electrons. The summed E-state index contributed by atoms with van der Waals surface area (Å²) in [6, 6.07) is 20.4. The second kappa shape index (κ2) is 17.1. The van der Waals surface area contributed by atoms with E-state index in [1.54, 1.807) is 18.2 Å². The number of hydrogen-bond acceptors (Lipinski definition) is 12. The number of nitrogens with zero attached hydrogens (tertiary/aromatic N) is 3. The number of para-hydroxylation sites is 1. The number of nitrogens with one attached hydrogen (secondary N) is 3. The van der Waals surface area contributed by atoms with Gasteiger partial charge in [-0.2, -0.15) is 0 Å². The predicted molar refractivity (Wildman–Crippen MR) is 239 cm³/mol. The fourth-order valence-electron chi connectivity index (χ4n) is 7.92. The van der Waals surface area contributed by atoms with Crippen LogP contribution in [0.2, 0.25) is 5.02 Å². The predicted octanol–water partition coefficient (Wildman–Crippen LogP) is 6.56. The number of hydrogen-bond donors (Lipinski definition) is 3. The first kappa shape index (κ1) is 43.3. The molecular weight excluding hydrogens is 852 g/mol. The van der Waals surface area contributed by atoms with Crippen LogP contribution in [0.5, 0.6) is 23.1 Å². The maximum absolute atomic E-state index is 15.0. The van der Waals surface area contributed by atoms with E-state index >= 15 is 4.79 Å². The highest BCUT2D eigenvalue weighted by Gasteiger charge is 2.62. The van der Waals surface area contributed by atoms with Gasteiger partial charge in [0.15, 0.2) is 5.17 Å². The fourth-order valence-corrected chi connectivity index (χ4v) is 10.4. The molecule has 326 valence electrons. The number of methoxy groups -OCH3 is 1. The van der Waals surface area contributed by atoms with Gasteiger partial charge >= 0.3 is 0 Å². The van der Waals surface area contributed by atoms with E-state index in [2.05, 4.69) is 26.9 Å². The molecule has 2 saturated carbocycles. The Bertz CT molecular complexity index is 2530. The third kappa shape index (κ3) is 9.09. The zero-order valence-corrected chi connectivity index (χ0v) is 37.2. The Morgan fingerprint density at radius 3 is 2.42 bits per heavy atom. The highest BCUT2D eigenvalue weighted by atomic mass is 35.5. The van der Waals surface area contributed by atoms with Gasteiger partial charge in [0.1, 0.15) is 41.0 Å². The molecule has 6 atom stereocenters. The first-order chi connectivity index (χ1) is 29.6. The molecule has 1 aromatic heterocycles. The minimum absolute atomic E-state index is 0.000730. The second-order valence-corrected chi connectivity index (χ2v) is 20.6. The second-order valence-electron chi connectivity index (χ2n) is 17.2. The van der Waals surface area contributed by atoms with E-state index in [1.165, 1.54) is 36.0 Å². The number of fused-ring (bicyclic) bond motifs is 1. The summed E-state index contributed by atoms with van der Waals surface area (Å²) in [6.45, 7) is 9.61. The van der Waals surface area contributed by atoms with Crippen molar-refractivity contribution in [1.29, 1.82) is 0 Å². The molecule has 4 aliphatic rings. The molecule has 17 heteroatoms. The van der Waals surface area contributed by atoms with Gasteiger partial charge in [-0.25, -0.2) is 13.4 Å². The number of halogens is 1. The lowest BCUT2D eigenvalue weighted by molar-refractivity contribution is -0.142. The third-order valence-electron chi connectivity index (χ3n) is 11.6. The van der Waals surface area contributed by atoms with Crippen LogP contribution in [-0.2, 0) is 24.4 Å². The summed E-state index contributed by atoms with van der Waals surface area (Å²) in [7, 11) is -2.37. The van der Waals surface area contributed by atoms with Crippen molar-refractivity contribution in [2.24, 2.45) is 16.3 Å². The van der Waals surface area contributed by atoms with E-state index in [-0.39, 0.29) is 37.2 Å². The molecule has 62 heavy (non-hydrogen) atoms. The van der Waals surface area contributed by atoms with E-state index in [1.807, 2.05) is 75.4 Å². The maximum Gasteiger partial charge on any atom is 0.259 e. The summed E-state index contributed by atoms with van der Waals surface area (Å²) in [5, 5.41) is 7.98. The van der Waals surface area contributed by atoms with Crippen molar-refractivity contribution >= 4 is 67.0 Å². The van der Waals surface area contributed by atoms with Gasteiger partial charge in [0.05, 0.1) is 31.1 Å². The van der Waals surface area contributed by atoms with Crippen LogP contribution in [0, 0.1) is 11.3 Å². The largest absolute Gasteiger partial charge is 0.494 e. The molecule has 3 aromatic carbocycles. The molecule has 1 unspecified atom stereocenters. The van der Waals surface area contributed by atoms with Crippen LogP contribution in [-0.4, -0.2) is 89.6 Å². The number of carbonyl (C=O) groups is 3. The minimum Gasteiger partial charge on any atom is -0.494 e. The van der Waals surface area contributed by atoms with Crippen LogP contribution in [0.3, 0.4) is 0 Å². The quantitative estimate of drug-likeness (QED) is 0.117. The number of amidine groups is 1. The maximum atomic E-state index is 15.0. The van der Waals surface area contributed by atoms with Crippen LogP contribution < -0.4 is 29.6 Å². The van der Waals surface area contributed by atoms with Gasteiger partial charge in [-0.1, -0.05) is 80.5 Å². The smallest absolute Gasteiger partial charge is 0.259 e. The fraction of sp³-hybridized carbons (Fsp3) is 0.400.